The molecule has 0 aliphatic heterocycles. The zero-order valence-corrected chi connectivity index (χ0v) is 24.5. The molecule has 0 heterocycles. The van der Waals surface area contributed by atoms with Gasteiger partial charge in [-0.25, -0.2) is 0 Å². The van der Waals surface area contributed by atoms with Crippen LogP contribution in [0.5, 0.6) is 0 Å². The largest absolute Gasteiger partial charge is 0.299 e. The zero-order valence-electron chi connectivity index (χ0n) is 23.6. The minimum absolute atomic E-state index is 0.0846. The Morgan fingerprint density at radius 3 is 0.645 bits per heavy atom. The van der Waals surface area contributed by atoms with Crippen molar-refractivity contribution in [2.24, 2.45) is 35.5 Å². The lowest BCUT2D eigenvalue weighted by Gasteiger charge is -2.38. The van der Waals surface area contributed by atoms with E-state index in [2.05, 4.69) is 97.8 Å². The normalized spacial score (nSPS) is 13.4. The molecule has 0 atom stereocenters. The van der Waals surface area contributed by atoms with Crippen LogP contribution in [-0.2, 0) is 0 Å². The highest BCUT2D eigenvalue weighted by Gasteiger charge is 2.23. The van der Waals surface area contributed by atoms with Gasteiger partial charge in [-0.2, -0.15) is 0 Å². The minimum Gasteiger partial charge on any atom is -0.299 e. The quantitative estimate of drug-likeness (QED) is 0.202. The number of rotatable bonds is 18. The van der Waals surface area contributed by atoms with E-state index in [1.54, 1.807) is 0 Å². The number of hydrogen-bond donors (Lipinski definition) is 0. The molecule has 0 fully saturated rings. The summed E-state index contributed by atoms with van der Waals surface area (Å²) in [5.74, 6) is 4.42. The van der Waals surface area contributed by atoms with Crippen LogP contribution in [0.15, 0.2) is 0 Å². The SMILES string of the molecule is CC(C)CN(CC(C)C)CP(CN(CC(C)C)CC(C)C)CN(CC(C)C)CC(C)C. The molecule has 0 aromatic rings. The van der Waals surface area contributed by atoms with Gasteiger partial charge >= 0.3 is 0 Å². The first-order valence-corrected chi connectivity index (χ1v) is 15.1. The summed E-state index contributed by atoms with van der Waals surface area (Å²) in [5, 5.41) is 0. The van der Waals surface area contributed by atoms with Crippen molar-refractivity contribution in [3.63, 3.8) is 0 Å². The Hall–Kier alpha value is 0.310. The molecule has 0 aromatic carbocycles. The highest BCUT2D eigenvalue weighted by molar-refractivity contribution is 7.57. The van der Waals surface area contributed by atoms with E-state index in [4.69, 9.17) is 0 Å². The lowest BCUT2D eigenvalue weighted by molar-refractivity contribution is 0.229. The fraction of sp³-hybridized carbons (Fsp3) is 1.00. The molecule has 3 nitrogen and oxygen atoms in total. The molecule has 0 aromatic heterocycles. The molecular weight excluding hydrogens is 397 g/mol. The topological polar surface area (TPSA) is 9.72 Å². The van der Waals surface area contributed by atoms with Gasteiger partial charge in [0, 0.05) is 58.1 Å². The highest BCUT2D eigenvalue weighted by atomic mass is 31.1. The van der Waals surface area contributed by atoms with Crippen LogP contribution in [0.2, 0.25) is 0 Å². The predicted octanol–water partition coefficient (Wildman–Crippen LogP) is 7.18. The Bertz CT molecular complexity index is 329. The Morgan fingerprint density at radius 1 is 0.355 bits per heavy atom. The average molecular weight is 458 g/mol. The van der Waals surface area contributed by atoms with Crippen molar-refractivity contribution in [1.29, 1.82) is 0 Å². The molecule has 0 spiro atoms. The Labute approximate surface area is 199 Å². The number of hydrogen-bond acceptors (Lipinski definition) is 3. The zero-order chi connectivity index (χ0) is 24.1. The molecular formula is C27H60N3P. The van der Waals surface area contributed by atoms with Crippen molar-refractivity contribution in [3.05, 3.63) is 0 Å². The van der Waals surface area contributed by atoms with Gasteiger partial charge in [0.2, 0.25) is 0 Å². The van der Waals surface area contributed by atoms with E-state index in [1.165, 1.54) is 58.1 Å². The fourth-order valence-electron chi connectivity index (χ4n) is 4.65. The first-order chi connectivity index (χ1) is 14.3. The van der Waals surface area contributed by atoms with E-state index in [9.17, 15) is 0 Å². The van der Waals surface area contributed by atoms with Gasteiger partial charge in [-0.15, -0.1) is 0 Å². The summed E-state index contributed by atoms with van der Waals surface area (Å²) < 4.78 is 0. The van der Waals surface area contributed by atoms with Crippen LogP contribution >= 0.6 is 7.92 Å². The molecule has 0 aliphatic carbocycles. The maximum absolute atomic E-state index is 2.80. The Kier molecular flexibility index (Phi) is 17.0. The smallest absolute Gasteiger partial charge is 0.0207 e. The summed E-state index contributed by atoms with van der Waals surface area (Å²) in [6, 6.07) is 0. The molecule has 0 amide bonds. The van der Waals surface area contributed by atoms with Crippen LogP contribution in [0, 0.1) is 35.5 Å². The summed E-state index contributed by atoms with van der Waals surface area (Å²) in [6.07, 6.45) is 3.89. The summed E-state index contributed by atoms with van der Waals surface area (Å²) in [7, 11) is -0.0846. The molecule has 0 saturated carbocycles. The van der Waals surface area contributed by atoms with Crippen LogP contribution in [-0.4, -0.2) is 72.8 Å². The van der Waals surface area contributed by atoms with Gasteiger partial charge < -0.3 is 0 Å². The summed E-state index contributed by atoms with van der Waals surface area (Å²) in [6.45, 7) is 36.0. The Balaban J connectivity index is 5.59. The summed E-state index contributed by atoms with van der Waals surface area (Å²) in [5.41, 5.74) is 0. The van der Waals surface area contributed by atoms with Gasteiger partial charge in [-0.3, -0.25) is 14.7 Å². The van der Waals surface area contributed by atoms with Crippen molar-refractivity contribution in [2.45, 2.75) is 83.1 Å². The highest BCUT2D eigenvalue weighted by Crippen LogP contribution is 2.39. The first-order valence-electron chi connectivity index (χ1n) is 13.2. The second kappa shape index (κ2) is 16.9. The third-order valence-electron chi connectivity index (χ3n) is 4.94. The third-order valence-corrected chi connectivity index (χ3v) is 7.34. The van der Waals surface area contributed by atoms with Gasteiger partial charge in [0.15, 0.2) is 0 Å². The maximum atomic E-state index is 2.80. The summed E-state index contributed by atoms with van der Waals surface area (Å²) in [4.78, 5) is 8.40. The molecule has 0 aliphatic rings. The van der Waals surface area contributed by atoms with Crippen molar-refractivity contribution in [3.8, 4) is 0 Å². The van der Waals surface area contributed by atoms with Crippen molar-refractivity contribution in [2.75, 3.05) is 58.1 Å². The van der Waals surface area contributed by atoms with E-state index >= 15 is 0 Å². The van der Waals surface area contributed by atoms with E-state index in [0.29, 0.717) is 0 Å². The van der Waals surface area contributed by atoms with Gasteiger partial charge in [-0.1, -0.05) is 91.0 Å². The van der Waals surface area contributed by atoms with Gasteiger partial charge in [0.05, 0.1) is 0 Å². The molecule has 0 N–H and O–H groups in total. The van der Waals surface area contributed by atoms with E-state index in [1.807, 2.05) is 0 Å². The van der Waals surface area contributed by atoms with Crippen LogP contribution in [0.1, 0.15) is 83.1 Å². The van der Waals surface area contributed by atoms with Gasteiger partial charge in [0.1, 0.15) is 0 Å². The van der Waals surface area contributed by atoms with E-state index < -0.39 is 0 Å². The molecule has 0 unspecified atom stereocenters. The van der Waals surface area contributed by atoms with Crippen LogP contribution in [0.4, 0.5) is 0 Å². The fourth-order valence-corrected chi connectivity index (χ4v) is 7.31. The molecule has 4 heteroatoms. The average Bonchev–Trinajstić information content (AvgIpc) is 2.50. The monoisotopic (exact) mass is 457 g/mol. The second-order valence-electron chi connectivity index (χ2n) is 12.6. The van der Waals surface area contributed by atoms with E-state index in [-0.39, 0.29) is 7.92 Å². The molecule has 0 radical (unpaired) electrons. The second-order valence-corrected chi connectivity index (χ2v) is 14.8. The lowest BCUT2D eigenvalue weighted by Crippen LogP contribution is -2.39. The van der Waals surface area contributed by atoms with Crippen LogP contribution in [0.3, 0.4) is 0 Å². The lowest BCUT2D eigenvalue weighted by atomic mass is 10.1. The minimum atomic E-state index is -0.0846. The summed E-state index contributed by atoms with van der Waals surface area (Å²) >= 11 is 0. The van der Waals surface area contributed by atoms with Crippen molar-refractivity contribution < 1.29 is 0 Å². The molecule has 0 bridgehead atoms. The maximum Gasteiger partial charge on any atom is 0.0207 e. The van der Waals surface area contributed by atoms with Gasteiger partial charge in [-0.05, 0) is 35.5 Å². The van der Waals surface area contributed by atoms with Gasteiger partial charge in [0.25, 0.3) is 0 Å². The Morgan fingerprint density at radius 2 is 0.516 bits per heavy atom. The van der Waals surface area contributed by atoms with Crippen molar-refractivity contribution >= 4 is 7.92 Å². The van der Waals surface area contributed by atoms with Crippen LogP contribution in [0.25, 0.3) is 0 Å². The molecule has 31 heavy (non-hydrogen) atoms. The molecule has 0 rings (SSSR count). The first kappa shape index (κ1) is 31.3. The van der Waals surface area contributed by atoms with E-state index in [0.717, 1.165) is 35.5 Å². The predicted molar refractivity (Wildman–Crippen MR) is 145 cm³/mol. The van der Waals surface area contributed by atoms with Crippen LogP contribution < -0.4 is 0 Å². The number of nitrogens with zero attached hydrogens (tertiary/aromatic N) is 3. The molecule has 0 saturated heterocycles. The standard InChI is InChI=1S/C27H60N3P/c1-22(2)13-28(14-23(3)4)19-31(20-29(15-24(5)6)16-25(7)8)21-30(17-26(9)10)18-27(11)12/h22-27H,13-21H2,1-12H3. The molecule has 188 valence electrons. The van der Waals surface area contributed by atoms with Crippen molar-refractivity contribution in [1.82, 2.24) is 14.7 Å². The third kappa shape index (κ3) is 18.4.